The van der Waals surface area contributed by atoms with E-state index in [1.807, 2.05) is 0 Å². The number of hydrogen-bond donors (Lipinski definition) is 3. The highest BCUT2D eigenvalue weighted by atomic mass is 16.5. The lowest BCUT2D eigenvalue weighted by Crippen LogP contribution is -2.40. The molecule has 1 heterocycles. The number of hydrogen-bond acceptors (Lipinski definition) is 5. The maximum atomic E-state index is 11.7. The summed E-state index contributed by atoms with van der Waals surface area (Å²) in [6.45, 7) is 1.68. The lowest BCUT2D eigenvalue weighted by Gasteiger charge is -2.14. The van der Waals surface area contributed by atoms with Gasteiger partial charge in [0.1, 0.15) is 0 Å². The molecule has 110 valence electrons. The van der Waals surface area contributed by atoms with E-state index in [4.69, 9.17) is 4.52 Å². The summed E-state index contributed by atoms with van der Waals surface area (Å²) in [6, 6.07) is 6.65. The standard InChI is InChI=1S/C13H14N4O4/c1-8-15-10(21-17-8)7-14-13(20)16-11(12(18)19)9-5-3-2-4-6-9/h2-6,11H,7H2,1H3,(H,18,19)(H2,14,16,20). The largest absolute Gasteiger partial charge is 0.479 e. The van der Waals surface area contributed by atoms with E-state index in [9.17, 15) is 14.7 Å². The van der Waals surface area contributed by atoms with Crippen molar-refractivity contribution in [3.05, 3.63) is 47.6 Å². The zero-order valence-electron chi connectivity index (χ0n) is 11.2. The van der Waals surface area contributed by atoms with E-state index in [1.165, 1.54) is 0 Å². The molecule has 8 nitrogen and oxygen atoms in total. The molecule has 0 fully saturated rings. The molecule has 1 atom stereocenters. The van der Waals surface area contributed by atoms with E-state index in [0.29, 0.717) is 11.4 Å². The van der Waals surface area contributed by atoms with Crippen molar-refractivity contribution in [1.29, 1.82) is 0 Å². The van der Waals surface area contributed by atoms with Gasteiger partial charge in [-0.05, 0) is 12.5 Å². The number of carboxylic acids is 1. The molecule has 0 saturated carbocycles. The smallest absolute Gasteiger partial charge is 0.330 e. The minimum Gasteiger partial charge on any atom is -0.479 e. The summed E-state index contributed by atoms with van der Waals surface area (Å²) in [7, 11) is 0. The van der Waals surface area contributed by atoms with Crippen LogP contribution in [0.25, 0.3) is 0 Å². The normalized spacial score (nSPS) is 11.7. The van der Waals surface area contributed by atoms with Crippen molar-refractivity contribution in [3.63, 3.8) is 0 Å². The number of carbonyl (C=O) groups excluding carboxylic acids is 1. The summed E-state index contributed by atoms with van der Waals surface area (Å²) in [5, 5.41) is 17.6. The van der Waals surface area contributed by atoms with Gasteiger partial charge < -0.3 is 20.3 Å². The highest BCUT2D eigenvalue weighted by Crippen LogP contribution is 2.12. The number of nitrogens with zero attached hydrogens (tertiary/aromatic N) is 2. The highest BCUT2D eigenvalue weighted by Gasteiger charge is 2.21. The fourth-order valence-electron chi connectivity index (χ4n) is 1.68. The van der Waals surface area contributed by atoms with E-state index in [1.54, 1.807) is 37.3 Å². The molecule has 0 saturated heterocycles. The van der Waals surface area contributed by atoms with Crippen LogP contribution in [0.3, 0.4) is 0 Å². The van der Waals surface area contributed by atoms with Gasteiger partial charge in [-0.3, -0.25) is 0 Å². The molecule has 21 heavy (non-hydrogen) atoms. The van der Waals surface area contributed by atoms with Crippen molar-refractivity contribution in [2.24, 2.45) is 0 Å². The third-order valence-electron chi connectivity index (χ3n) is 2.63. The van der Waals surface area contributed by atoms with Crippen LogP contribution in [0.15, 0.2) is 34.9 Å². The first-order chi connectivity index (χ1) is 10.1. The van der Waals surface area contributed by atoms with E-state index in [0.717, 1.165) is 0 Å². The van der Waals surface area contributed by atoms with Crippen LogP contribution in [-0.2, 0) is 11.3 Å². The van der Waals surface area contributed by atoms with Crippen molar-refractivity contribution in [1.82, 2.24) is 20.8 Å². The summed E-state index contributed by atoms with van der Waals surface area (Å²) in [6.07, 6.45) is 0. The molecular weight excluding hydrogens is 276 g/mol. The predicted octanol–water partition coefficient (Wildman–Crippen LogP) is 1.00. The van der Waals surface area contributed by atoms with Gasteiger partial charge in [-0.1, -0.05) is 35.5 Å². The number of aliphatic carboxylic acids is 1. The minimum absolute atomic E-state index is 0.0216. The van der Waals surface area contributed by atoms with Crippen LogP contribution >= 0.6 is 0 Å². The number of nitrogens with one attached hydrogen (secondary N) is 2. The lowest BCUT2D eigenvalue weighted by atomic mass is 10.1. The number of amides is 2. The first-order valence-corrected chi connectivity index (χ1v) is 6.17. The molecule has 0 aliphatic carbocycles. The van der Waals surface area contributed by atoms with Gasteiger partial charge in [0.2, 0.25) is 5.89 Å². The first kappa shape index (κ1) is 14.5. The third-order valence-corrected chi connectivity index (χ3v) is 2.63. The SMILES string of the molecule is Cc1noc(CNC(=O)NC(C(=O)O)c2ccccc2)n1. The van der Waals surface area contributed by atoms with E-state index >= 15 is 0 Å². The van der Waals surface area contributed by atoms with E-state index in [-0.39, 0.29) is 12.4 Å². The van der Waals surface area contributed by atoms with E-state index in [2.05, 4.69) is 20.8 Å². The Labute approximate surface area is 120 Å². The number of rotatable bonds is 5. The van der Waals surface area contributed by atoms with Gasteiger partial charge >= 0.3 is 12.0 Å². The summed E-state index contributed by atoms with van der Waals surface area (Å²) in [4.78, 5) is 26.9. The molecule has 1 unspecified atom stereocenters. The molecule has 0 bridgehead atoms. The Morgan fingerprint density at radius 1 is 1.33 bits per heavy atom. The average Bonchev–Trinajstić information content (AvgIpc) is 2.89. The van der Waals surface area contributed by atoms with Crippen molar-refractivity contribution >= 4 is 12.0 Å². The molecule has 0 aliphatic rings. The fraction of sp³-hybridized carbons (Fsp3) is 0.231. The molecule has 8 heteroatoms. The Balaban J connectivity index is 1.94. The molecule has 2 amide bonds. The second-order valence-corrected chi connectivity index (χ2v) is 4.24. The maximum absolute atomic E-state index is 11.7. The van der Waals surface area contributed by atoms with Gasteiger partial charge in [0.05, 0.1) is 6.54 Å². The number of urea groups is 1. The summed E-state index contributed by atoms with van der Waals surface area (Å²) >= 11 is 0. The van der Waals surface area contributed by atoms with Gasteiger partial charge in [-0.15, -0.1) is 0 Å². The van der Waals surface area contributed by atoms with Crippen LogP contribution < -0.4 is 10.6 Å². The topological polar surface area (TPSA) is 117 Å². The Bertz CT molecular complexity index is 626. The van der Waals surface area contributed by atoms with Crippen molar-refractivity contribution in [2.45, 2.75) is 19.5 Å². The Morgan fingerprint density at radius 3 is 2.62 bits per heavy atom. The Hall–Kier alpha value is -2.90. The summed E-state index contributed by atoms with van der Waals surface area (Å²) in [5.41, 5.74) is 0.480. The van der Waals surface area contributed by atoms with Crippen molar-refractivity contribution in [3.8, 4) is 0 Å². The second-order valence-electron chi connectivity index (χ2n) is 4.24. The maximum Gasteiger partial charge on any atom is 0.330 e. The molecule has 2 rings (SSSR count). The monoisotopic (exact) mass is 290 g/mol. The van der Waals surface area contributed by atoms with Crippen LogP contribution in [0.5, 0.6) is 0 Å². The second kappa shape index (κ2) is 6.51. The van der Waals surface area contributed by atoms with E-state index < -0.39 is 18.0 Å². The molecule has 0 aliphatic heterocycles. The molecule has 0 radical (unpaired) electrons. The van der Waals surface area contributed by atoms with Gasteiger partial charge in [0, 0.05) is 0 Å². The van der Waals surface area contributed by atoms with Crippen molar-refractivity contribution < 1.29 is 19.2 Å². The summed E-state index contributed by atoms with van der Waals surface area (Å²) in [5.74, 6) is -0.445. The van der Waals surface area contributed by atoms with Gasteiger partial charge in [0.15, 0.2) is 11.9 Å². The van der Waals surface area contributed by atoms with Crippen LogP contribution in [0.1, 0.15) is 23.3 Å². The van der Waals surface area contributed by atoms with Crippen LogP contribution in [0, 0.1) is 6.92 Å². The number of benzene rings is 1. The van der Waals surface area contributed by atoms with Crippen LogP contribution in [-0.4, -0.2) is 27.2 Å². The third kappa shape index (κ3) is 4.03. The summed E-state index contributed by atoms with van der Waals surface area (Å²) < 4.78 is 4.83. The lowest BCUT2D eigenvalue weighted by molar-refractivity contribution is -0.139. The molecular formula is C13H14N4O4. The van der Waals surface area contributed by atoms with Gasteiger partial charge in [0.25, 0.3) is 0 Å². The predicted molar refractivity (Wildman–Crippen MR) is 71.2 cm³/mol. The molecule has 3 N–H and O–H groups in total. The number of carboxylic acid groups (broad SMARTS) is 1. The quantitative estimate of drug-likeness (QED) is 0.756. The number of carbonyl (C=O) groups is 2. The Kier molecular flexibility index (Phi) is 4.50. The van der Waals surface area contributed by atoms with Gasteiger partial charge in [-0.25, -0.2) is 9.59 Å². The molecule has 1 aromatic carbocycles. The zero-order valence-corrected chi connectivity index (χ0v) is 11.2. The minimum atomic E-state index is -1.15. The van der Waals surface area contributed by atoms with Gasteiger partial charge in [-0.2, -0.15) is 4.98 Å². The fourth-order valence-corrected chi connectivity index (χ4v) is 1.68. The Morgan fingerprint density at radius 2 is 2.05 bits per heavy atom. The van der Waals surface area contributed by atoms with Crippen LogP contribution in [0.2, 0.25) is 0 Å². The molecule has 0 spiro atoms. The first-order valence-electron chi connectivity index (χ1n) is 6.17. The molecule has 1 aromatic heterocycles. The van der Waals surface area contributed by atoms with Crippen molar-refractivity contribution in [2.75, 3.05) is 0 Å². The molecule has 2 aromatic rings. The average molecular weight is 290 g/mol. The number of aromatic nitrogens is 2. The number of aryl methyl sites for hydroxylation is 1. The highest BCUT2D eigenvalue weighted by molar-refractivity contribution is 5.83. The zero-order chi connectivity index (χ0) is 15.2. The van der Waals surface area contributed by atoms with Crippen LogP contribution in [0.4, 0.5) is 4.79 Å².